The number of nitrogens with one attached hydrogen (secondary N) is 1. The van der Waals surface area contributed by atoms with Gasteiger partial charge in [-0.2, -0.15) is 0 Å². The van der Waals surface area contributed by atoms with Crippen LogP contribution in [0.3, 0.4) is 0 Å². The number of nitrogens with zero attached hydrogens (tertiary/aromatic N) is 2. The van der Waals surface area contributed by atoms with E-state index in [0.717, 1.165) is 57.1 Å². The van der Waals surface area contributed by atoms with Crippen molar-refractivity contribution >= 4 is 17.6 Å². The third kappa shape index (κ3) is 6.03. The van der Waals surface area contributed by atoms with E-state index in [-0.39, 0.29) is 6.03 Å². The SMILES string of the molecule is O=C(NCCC1=CCCCC1)N1CCN(CCc2cccc(Cl)c2)CC1. The van der Waals surface area contributed by atoms with E-state index in [1.54, 1.807) is 0 Å². The van der Waals surface area contributed by atoms with Gasteiger partial charge in [-0.15, -0.1) is 0 Å². The van der Waals surface area contributed by atoms with Gasteiger partial charge in [-0.3, -0.25) is 4.90 Å². The summed E-state index contributed by atoms with van der Waals surface area (Å²) in [5, 5.41) is 3.89. The number of benzene rings is 1. The summed E-state index contributed by atoms with van der Waals surface area (Å²) in [6.45, 7) is 5.29. The third-order valence-corrected chi connectivity index (χ3v) is 5.61. The molecule has 3 rings (SSSR count). The Labute approximate surface area is 162 Å². The Balaban J connectivity index is 1.32. The van der Waals surface area contributed by atoms with E-state index in [4.69, 9.17) is 11.6 Å². The van der Waals surface area contributed by atoms with E-state index in [0.29, 0.717) is 0 Å². The van der Waals surface area contributed by atoms with Crippen molar-refractivity contribution in [1.29, 1.82) is 0 Å². The van der Waals surface area contributed by atoms with Crippen LogP contribution in [0.15, 0.2) is 35.9 Å². The minimum Gasteiger partial charge on any atom is -0.338 e. The highest BCUT2D eigenvalue weighted by molar-refractivity contribution is 6.30. The summed E-state index contributed by atoms with van der Waals surface area (Å²) in [4.78, 5) is 16.7. The maximum Gasteiger partial charge on any atom is 0.317 e. The van der Waals surface area contributed by atoms with Crippen molar-refractivity contribution in [1.82, 2.24) is 15.1 Å². The van der Waals surface area contributed by atoms with Crippen molar-refractivity contribution in [3.05, 3.63) is 46.5 Å². The monoisotopic (exact) mass is 375 g/mol. The second kappa shape index (κ2) is 9.98. The van der Waals surface area contributed by atoms with Gasteiger partial charge in [0.2, 0.25) is 0 Å². The Bertz CT molecular complexity index is 623. The van der Waals surface area contributed by atoms with Gasteiger partial charge in [-0.1, -0.05) is 35.4 Å². The fourth-order valence-electron chi connectivity index (χ4n) is 3.73. The fourth-order valence-corrected chi connectivity index (χ4v) is 3.94. The number of urea groups is 1. The molecular formula is C21H30ClN3O. The van der Waals surface area contributed by atoms with Crippen LogP contribution in [0.25, 0.3) is 0 Å². The molecule has 1 aromatic rings. The standard InChI is InChI=1S/C21H30ClN3O/c22-20-8-4-7-19(17-20)10-12-24-13-15-25(16-14-24)21(26)23-11-9-18-5-2-1-3-6-18/h4-5,7-8,17H,1-3,6,9-16H2,(H,23,26). The zero-order valence-corrected chi connectivity index (χ0v) is 16.3. The molecule has 1 aromatic carbocycles. The lowest BCUT2D eigenvalue weighted by molar-refractivity contribution is 0.140. The van der Waals surface area contributed by atoms with Gasteiger partial charge >= 0.3 is 6.03 Å². The minimum atomic E-state index is 0.0934. The number of halogens is 1. The zero-order chi connectivity index (χ0) is 18.2. The van der Waals surface area contributed by atoms with Gasteiger partial charge in [0.05, 0.1) is 0 Å². The molecule has 1 fully saturated rings. The second-order valence-corrected chi connectivity index (χ2v) is 7.74. The molecular weight excluding hydrogens is 346 g/mol. The molecule has 0 spiro atoms. The van der Waals surface area contributed by atoms with Gasteiger partial charge in [-0.05, 0) is 56.2 Å². The van der Waals surface area contributed by atoms with Gasteiger partial charge in [-0.25, -0.2) is 4.79 Å². The number of carbonyl (C=O) groups is 1. The number of allylic oxidation sites excluding steroid dienone is 1. The molecule has 0 radical (unpaired) electrons. The Morgan fingerprint density at radius 1 is 1.12 bits per heavy atom. The molecule has 0 aromatic heterocycles. The Morgan fingerprint density at radius 2 is 1.96 bits per heavy atom. The number of amides is 2. The lowest BCUT2D eigenvalue weighted by Crippen LogP contribution is -2.52. The van der Waals surface area contributed by atoms with Crippen LogP contribution in [-0.2, 0) is 6.42 Å². The molecule has 1 aliphatic heterocycles. The summed E-state index contributed by atoms with van der Waals surface area (Å²) in [7, 11) is 0. The molecule has 26 heavy (non-hydrogen) atoms. The molecule has 0 unspecified atom stereocenters. The third-order valence-electron chi connectivity index (χ3n) is 5.37. The average Bonchev–Trinajstić information content (AvgIpc) is 2.68. The maximum atomic E-state index is 12.3. The van der Waals surface area contributed by atoms with Crippen LogP contribution in [0.2, 0.25) is 5.02 Å². The maximum absolute atomic E-state index is 12.3. The molecule has 0 saturated carbocycles. The van der Waals surface area contributed by atoms with Gasteiger partial charge < -0.3 is 10.2 Å². The number of rotatable bonds is 6. The topological polar surface area (TPSA) is 35.6 Å². The van der Waals surface area contributed by atoms with E-state index >= 15 is 0 Å². The lowest BCUT2D eigenvalue weighted by atomic mass is 9.97. The highest BCUT2D eigenvalue weighted by Gasteiger charge is 2.20. The largest absolute Gasteiger partial charge is 0.338 e. The van der Waals surface area contributed by atoms with Crippen molar-refractivity contribution in [2.75, 3.05) is 39.3 Å². The lowest BCUT2D eigenvalue weighted by Gasteiger charge is -2.34. The van der Waals surface area contributed by atoms with E-state index in [1.807, 2.05) is 23.1 Å². The first-order valence-corrected chi connectivity index (χ1v) is 10.3. The summed E-state index contributed by atoms with van der Waals surface area (Å²) in [6, 6.07) is 8.16. The highest BCUT2D eigenvalue weighted by Crippen LogP contribution is 2.19. The van der Waals surface area contributed by atoms with Gasteiger partial charge in [0.15, 0.2) is 0 Å². The zero-order valence-electron chi connectivity index (χ0n) is 15.6. The summed E-state index contributed by atoms with van der Waals surface area (Å²) >= 11 is 6.04. The fraction of sp³-hybridized carbons (Fsp3) is 0.571. The van der Waals surface area contributed by atoms with Gasteiger partial charge in [0, 0.05) is 44.3 Å². The molecule has 1 N–H and O–H groups in total. The van der Waals surface area contributed by atoms with E-state index < -0.39 is 0 Å². The summed E-state index contributed by atoms with van der Waals surface area (Å²) in [6.07, 6.45) is 9.40. The van der Waals surface area contributed by atoms with Crippen molar-refractivity contribution in [3.8, 4) is 0 Å². The predicted molar refractivity (Wildman–Crippen MR) is 108 cm³/mol. The number of hydrogen-bond acceptors (Lipinski definition) is 2. The van der Waals surface area contributed by atoms with Crippen molar-refractivity contribution in [2.24, 2.45) is 0 Å². The first-order valence-electron chi connectivity index (χ1n) is 9.88. The average molecular weight is 376 g/mol. The Morgan fingerprint density at radius 3 is 2.69 bits per heavy atom. The first-order chi connectivity index (χ1) is 12.7. The van der Waals surface area contributed by atoms with Crippen LogP contribution < -0.4 is 5.32 Å². The molecule has 2 aliphatic rings. The van der Waals surface area contributed by atoms with Crippen molar-refractivity contribution in [3.63, 3.8) is 0 Å². The summed E-state index contributed by atoms with van der Waals surface area (Å²) in [5.41, 5.74) is 2.79. The van der Waals surface area contributed by atoms with Gasteiger partial charge in [0.1, 0.15) is 0 Å². The number of carbonyl (C=O) groups excluding carboxylic acids is 1. The normalized spacial score (nSPS) is 18.5. The van der Waals surface area contributed by atoms with E-state index in [2.05, 4.69) is 22.4 Å². The summed E-state index contributed by atoms with van der Waals surface area (Å²) in [5.74, 6) is 0. The quantitative estimate of drug-likeness (QED) is 0.760. The molecule has 0 atom stereocenters. The number of piperazine rings is 1. The molecule has 2 amide bonds. The first kappa shape index (κ1) is 19.2. The molecule has 1 saturated heterocycles. The van der Waals surface area contributed by atoms with E-state index in [9.17, 15) is 4.79 Å². The summed E-state index contributed by atoms with van der Waals surface area (Å²) < 4.78 is 0. The van der Waals surface area contributed by atoms with Crippen LogP contribution in [0.4, 0.5) is 4.79 Å². The van der Waals surface area contributed by atoms with Crippen LogP contribution in [-0.4, -0.2) is 55.1 Å². The predicted octanol–water partition coefficient (Wildman–Crippen LogP) is 4.10. The van der Waals surface area contributed by atoms with Crippen molar-refractivity contribution in [2.45, 2.75) is 38.5 Å². The van der Waals surface area contributed by atoms with Crippen LogP contribution in [0.1, 0.15) is 37.7 Å². The Kier molecular flexibility index (Phi) is 7.39. The second-order valence-electron chi connectivity index (χ2n) is 7.30. The molecule has 1 heterocycles. The number of hydrogen-bond donors (Lipinski definition) is 1. The molecule has 0 bridgehead atoms. The van der Waals surface area contributed by atoms with Crippen molar-refractivity contribution < 1.29 is 4.79 Å². The Hall–Kier alpha value is -1.52. The highest BCUT2D eigenvalue weighted by atomic mass is 35.5. The molecule has 4 nitrogen and oxygen atoms in total. The smallest absolute Gasteiger partial charge is 0.317 e. The van der Waals surface area contributed by atoms with Crippen LogP contribution >= 0.6 is 11.6 Å². The van der Waals surface area contributed by atoms with Crippen LogP contribution in [0, 0.1) is 0 Å². The van der Waals surface area contributed by atoms with Gasteiger partial charge in [0.25, 0.3) is 0 Å². The molecule has 142 valence electrons. The molecule has 5 heteroatoms. The van der Waals surface area contributed by atoms with E-state index in [1.165, 1.54) is 36.8 Å². The molecule has 1 aliphatic carbocycles. The minimum absolute atomic E-state index is 0.0934. The van der Waals surface area contributed by atoms with Crippen LogP contribution in [0.5, 0.6) is 0 Å².